The molecular weight excluding hydrogens is 288 g/mol. The fraction of sp³-hybridized carbons (Fsp3) is 0.625. The lowest BCUT2D eigenvalue weighted by atomic mass is 9.85. The first-order valence-electron chi connectivity index (χ1n) is 7.03. The molecule has 0 radical (unpaired) electrons. The summed E-state index contributed by atoms with van der Waals surface area (Å²) in [6.45, 7) is 6.54. The molecule has 1 aliphatic rings. The zero-order valence-corrected chi connectivity index (χ0v) is 13.2. The van der Waals surface area contributed by atoms with Crippen molar-refractivity contribution in [2.45, 2.75) is 59.0 Å². The molecule has 1 aliphatic carbocycles. The van der Waals surface area contributed by atoms with Gasteiger partial charge >= 0.3 is 0 Å². The zero-order valence-electron chi connectivity index (χ0n) is 11.6. The third kappa shape index (κ3) is 3.28. The molecule has 0 N–H and O–H groups in total. The number of halogens is 1. The van der Waals surface area contributed by atoms with Gasteiger partial charge in [0.25, 0.3) is 0 Å². The van der Waals surface area contributed by atoms with E-state index in [2.05, 4.69) is 48.8 Å². The molecule has 1 saturated carbocycles. The molecule has 2 unspecified atom stereocenters. The molecule has 0 spiro atoms. The second-order valence-electron chi connectivity index (χ2n) is 5.55. The summed E-state index contributed by atoms with van der Waals surface area (Å²) >= 11 is 3.60. The number of ether oxygens (including phenoxy) is 1. The highest BCUT2D eigenvalue weighted by Crippen LogP contribution is 2.32. The van der Waals surface area contributed by atoms with Crippen LogP contribution in [0.2, 0.25) is 0 Å². The predicted octanol–water partition coefficient (Wildman–Crippen LogP) is 5.41. The van der Waals surface area contributed by atoms with E-state index in [4.69, 9.17) is 4.74 Å². The minimum atomic E-state index is 0.420. The highest BCUT2D eigenvalue weighted by atomic mass is 79.9. The number of rotatable bonds is 3. The van der Waals surface area contributed by atoms with Crippen molar-refractivity contribution in [1.29, 1.82) is 0 Å². The fourth-order valence-corrected chi connectivity index (χ4v) is 3.12. The number of hydrogen-bond acceptors (Lipinski definition) is 1. The van der Waals surface area contributed by atoms with E-state index in [9.17, 15) is 0 Å². The van der Waals surface area contributed by atoms with Crippen LogP contribution in [-0.4, -0.2) is 6.10 Å². The molecule has 0 amide bonds. The van der Waals surface area contributed by atoms with Gasteiger partial charge in [0.15, 0.2) is 0 Å². The van der Waals surface area contributed by atoms with E-state index in [0.29, 0.717) is 6.10 Å². The van der Waals surface area contributed by atoms with Crippen LogP contribution in [0, 0.1) is 19.8 Å². The summed E-state index contributed by atoms with van der Waals surface area (Å²) in [4.78, 5) is 0. The Balaban J connectivity index is 2.05. The number of benzene rings is 1. The van der Waals surface area contributed by atoms with Crippen LogP contribution in [0.1, 0.15) is 50.2 Å². The van der Waals surface area contributed by atoms with Gasteiger partial charge in [-0.2, -0.15) is 0 Å². The van der Waals surface area contributed by atoms with E-state index in [0.717, 1.165) is 11.7 Å². The van der Waals surface area contributed by atoms with E-state index in [1.807, 2.05) is 0 Å². The van der Waals surface area contributed by atoms with Crippen molar-refractivity contribution in [3.8, 4) is 5.75 Å². The maximum Gasteiger partial charge on any atom is 0.120 e. The van der Waals surface area contributed by atoms with Crippen LogP contribution in [0.4, 0.5) is 0 Å². The molecule has 1 nitrogen and oxygen atoms in total. The lowest BCUT2D eigenvalue weighted by molar-refractivity contribution is 0.122. The van der Waals surface area contributed by atoms with Crippen LogP contribution in [0.5, 0.6) is 5.75 Å². The highest BCUT2D eigenvalue weighted by molar-refractivity contribution is 9.10. The molecular formula is C16H23BrO. The van der Waals surface area contributed by atoms with E-state index in [1.54, 1.807) is 0 Å². The summed E-state index contributed by atoms with van der Waals surface area (Å²) in [6.07, 6.45) is 6.85. The molecule has 0 saturated heterocycles. The lowest BCUT2D eigenvalue weighted by Gasteiger charge is -2.29. The highest BCUT2D eigenvalue weighted by Gasteiger charge is 2.22. The van der Waals surface area contributed by atoms with Gasteiger partial charge in [-0.05, 0) is 62.3 Å². The largest absolute Gasteiger partial charge is 0.490 e. The van der Waals surface area contributed by atoms with Crippen LogP contribution >= 0.6 is 15.9 Å². The Bertz CT molecular complexity index is 391. The van der Waals surface area contributed by atoms with Crippen molar-refractivity contribution in [2.75, 3.05) is 0 Å². The molecule has 1 aromatic carbocycles. The first-order chi connectivity index (χ1) is 8.60. The summed E-state index contributed by atoms with van der Waals surface area (Å²) in [7, 11) is 0. The van der Waals surface area contributed by atoms with Crippen LogP contribution in [0.15, 0.2) is 16.6 Å². The first kappa shape index (κ1) is 13.9. The minimum absolute atomic E-state index is 0.420. The molecule has 1 fully saturated rings. The average Bonchev–Trinajstić information content (AvgIpc) is 2.36. The monoisotopic (exact) mass is 310 g/mol. The van der Waals surface area contributed by atoms with Gasteiger partial charge < -0.3 is 4.74 Å². The SMILES string of the molecule is CCC1CCCC(Oc2cc(C)c(Br)c(C)c2)C1. The molecule has 0 bridgehead atoms. The van der Waals surface area contributed by atoms with Crippen molar-refractivity contribution in [3.05, 3.63) is 27.7 Å². The van der Waals surface area contributed by atoms with Gasteiger partial charge in [0.05, 0.1) is 6.10 Å². The molecule has 100 valence electrons. The maximum absolute atomic E-state index is 6.18. The van der Waals surface area contributed by atoms with E-state index >= 15 is 0 Å². The van der Waals surface area contributed by atoms with Gasteiger partial charge in [0.2, 0.25) is 0 Å². The van der Waals surface area contributed by atoms with Gasteiger partial charge in [-0.3, -0.25) is 0 Å². The summed E-state index contributed by atoms with van der Waals surface area (Å²) in [6, 6.07) is 4.29. The summed E-state index contributed by atoms with van der Waals surface area (Å²) in [5.74, 6) is 1.90. The molecule has 2 rings (SSSR count). The maximum atomic E-state index is 6.18. The molecule has 2 atom stereocenters. The van der Waals surface area contributed by atoms with E-state index in [-0.39, 0.29) is 0 Å². The number of aryl methyl sites for hydroxylation is 2. The fourth-order valence-electron chi connectivity index (χ4n) is 2.89. The smallest absolute Gasteiger partial charge is 0.120 e. The third-order valence-electron chi connectivity index (χ3n) is 4.02. The van der Waals surface area contributed by atoms with Gasteiger partial charge in [-0.1, -0.05) is 35.7 Å². The van der Waals surface area contributed by atoms with Crippen LogP contribution in [0.25, 0.3) is 0 Å². The van der Waals surface area contributed by atoms with E-state index < -0.39 is 0 Å². The van der Waals surface area contributed by atoms with Crippen molar-refractivity contribution in [1.82, 2.24) is 0 Å². The second-order valence-corrected chi connectivity index (χ2v) is 6.34. The van der Waals surface area contributed by atoms with E-state index in [1.165, 1.54) is 47.7 Å². The van der Waals surface area contributed by atoms with Gasteiger partial charge in [-0.15, -0.1) is 0 Å². The first-order valence-corrected chi connectivity index (χ1v) is 7.82. The summed E-state index contributed by atoms with van der Waals surface area (Å²) in [5.41, 5.74) is 2.51. The Labute approximate surface area is 119 Å². The molecule has 0 aliphatic heterocycles. The Morgan fingerprint density at radius 2 is 1.89 bits per heavy atom. The van der Waals surface area contributed by atoms with Crippen LogP contribution < -0.4 is 4.74 Å². The standard InChI is InChI=1S/C16H23BrO/c1-4-13-6-5-7-14(10-13)18-15-8-11(2)16(17)12(3)9-15/h8-9,13-14H,4-7,10H2,1-3H3. The Morgan fingerprint density at radius 3 is 2.50 bits per heavy atom. The minimum Gasteiger partial charge on any atom is -0.490 e. The molecule has 2 heteroatoms. The topological polar surface area (TPSA) is 9.23 Å². The number of hydrogen-bond donors (Lipinski definition) is 0. The normalized spacial score (nSPS) is 24.0. The molecule has 0 heterocycles. The Kier molecular flexibility index (Phi) is 4.71. The third-order valence-corrected chi connectivity index (χ3v) is 5.28. The van der Waals surface area contributed by atoms with Gasteiger partial charge in [-0.25, -0.2) is 0 Å². The van der Waals surface area contributed by atoms with Crippen molar-refractivity contribution >= 4 is 15.9 Å². The average molecular weight is 311 g/mol. The summed E-state index contributed by atoms with van der Waals surface area (Å²) < 4.78 is 7.38. The Hall–Kier alpha value is -0.500. The zero-order chi connectivity index (χ0) is 13.1. The van der Waals surface area contributed by atoms with Crippen molar-refractivity contribution < 1.29 is 4.74 Å². The molecule has 18 heavy (non-hydrogen) atoms. The van der Waals surface area contributed by atoms with Crippen LogP contribution in [0.3, 0.4) is 0 Å². The second kappa shape index (κ2) is 6.10. The van der Waals surface area contributed by atoms with Gasteiger partial charge in [0.1, 0.15) is 5.75 Å². The Morgan fingerprint density at radius 1 is 1.22 bits per heavy atom. The molecule has 0 aromatic heterocycles. The van der Waals surface area contributed by atoms with Gasteiger partial charge in [0, 0.05) is 4.47 Å². The van der Waals surface area contributed by atoms with Crippen LogP contribution in [-0.2, 0) is 0 Å². The van der Waals surface area contributed by atoms with Crippen molar-refractivity contribution in [3.63, 3.8) is 0 Å². The summed E-state index contributed by atoms with van der Waals surface area (Å²) in [5, 5.41) is 0. The molecule has 1 aromatic rings. The lowest BCUT2D eigenvalue weighted by Crippen LogP contribution is -2.25. The quantitative estimate of drug-likeness (QED) is 0.725. The van der Waals surface area contributed by atoms with Crippen molar-refractivity contribution in [2.24, 2.45) is 5.92 Å². The predicted molar refractivity (Wildman–Crippen MR) is 80.3 cm³/mol.